The first-order valence-electron chi connectivity index (χ1n) is 12.1. The van der Waals surface area contributed by atoms with Crippen LogP contribution in [0.1, 0.15) is 31.9 Å². The normalized spacial score (nSPS) is 12.2. The van der Waals surface area contributed by atoms with Crippen molar-refractivity contribution in [3.63, 3.8) is 0 Å². The van der Waals surface area contributed by atoms with Gasteiger partial charge in [-0.15, -0.1) is 0 Å². The lowest BCUT2D eigenvalue weighted by molar-refractivity contribution is -0.139. The number of amides is 2. The zero-order valence-corrected chi connectivity index (χ0v) is 24.8. The van der Waals surface area contributed by atoms with Gasteiger partial charge in [-0.3, -0.25) is 13.9 Å². The van der Waals surface area contributed by atoms with E-state index in [0.29, 0.717) is 16.3 Å². The summed E-state index contributed by atoms with van der Waals surface area (Å²) in [7, 11) is -4.15. The summed E-state index contributed by atoms with van der Waals surface area (Å²) in [5.41, 5.74) is 1.85. The maximum atomic E-state index is 13.9. The first-order valence-corrected chi connectivity index (χ1v) is 14.7. The second-order valence-corrected chi connectivity index (χ2v) is 12.5. The van der Waals surface area contributed by atoms with Crippen LogP contribution in [-0.4, -0.2) is 43.8 Å². The van der Waals surface area contributed by atoms with Crippen LogP contribution in [0, 0.1) is 6.92 Å². The fraction of sp³-hybridized carbons (Fsp3) is 0.286. The maximum Gasteiger partial charge on any atom is 0.264 e. The highest BCUT2D eigenvalue weighted by molar-refractivity contribution is 9.10. The van der Waals surface area contributed by atoms with Gasteiger partial charge in [0.05, 0.1) is 10.6 Å². The Balaban J connectivity index is 2.05. The number of aryl methyl sites for hydroxylation is 1. The van der Waals surface area contributed by atoms with Gasteiger partial charge in [0.25, 0.3) is 10.0 Å². The number of sulfonamides is 1. The van der Waals surface area contributed by atoms with E-state index in [0.717, 1.165) is 14.3 Å². The molecule has 3 rings (SSSR count). The molecule has 3 aromatic rings. The van der Waals surface area contributed by atoms with Crippen LogP contribution in [0.25, 0.3) is 0 Å². The highest BCUT2D eigenvalue weighted by Gasteiger charge is 2.33. The zero-order valence-electron chi connectivity index (χ0n) is 21.7. The number of rotatable bonds is 10. The lowest BCUT2D eigenvalue weighted by Gasteiger charge is -2.32. The van der Waals surface area contributed by atoms with E-state index in [-0.39, 0.29) is 23.4 Å². The molecule has 2 amide bonds. The van der Waals surface area contributed by atoms with Crippen molar-refractivity contribution in [2.45, 2.75) is 51.2 Å². The molecule has 0 aromatic heterocycles. The van der Waals surface area contributed by atoms with Gasteiger partial charge in [0.15, 0.2) is 0 Å². The van der Waals surface area contributed by atoms with Gasteiger partial charge in [-0.2, -0.15) is 0 Å². The number of carbonyl (C=O) groups excluding carboxylic acids is 2. The number of carbonyl (C=O) groups is 2. The second-order valence-electron chi connectivity index (χ2n) is 9.24. The zero-order chi connectivity index (χ0) is 28.0. The Labute approximate surface area is 238 Å². The summed E-state index contributed by atoms with van der Waals surface area (Å²) in [6.07, 6.45) is 0. The Morgan fingerprint density at radius 1 is 0.974 bits per heavy atom. The predicted molar refractivity (Wildman–Crippen MR) is 155 cm³/mol. The van der Waals surface area contributed by atoms with Crippen molar-refractivity contribution < 1.29 is 18.0 Å². The smallest absolute Gasteiger partial charge is 0.264 e. The third-order valence-electron chi connectivity index (χ3n) is 5.90. The Morgan fingerprint density at radius 3 is 2.24 bits per heavy atom. The summed E-state index contributed by atoms with van der Waals surface area (Å²) in [5.74, 6) is -0.844. The van der Waals surface area contributed by atoms with Gasteiger partial charge in [0.2, 0.25) is 11.8 Å². The standard InChI is InChI=1S/C28H31BrClN3O4S/c1-19(2)31-28(35)21(4)32(17-22-9-7-10-23(29)16-22)27(34)18-33(26-11-6-5-8-20(26)3)38(36,37)25-14-12-24(30)13-15-25/h5-16,19,21H,17-18H2,1-4H3,(H,31,35)/t21-/m1/s1. The van der Waals surface area contributed by atoms with Gasteiger partial charge in [0, 0.05) is 22.1 Å². The summed E-state index contributed by atoms with van der Waals surface area (Å²) in [4.78, 5) is 28.3. The molecule has 0 heterocycles. The van der Waals surface area contributed by atoms with Crippen molar-refractivity contribution in [1.82, 2.24) is 10.2 Å². The predicted octanol–water partition coefficient (Wildman–Crippen LogP) is 5.55. The van der Waals surface area contributed by atoms with Crippen molar-refractivity contribution in [1.29, 1.82) is 0 Å². The molecule has 0 bridgehead atoms. The summed E-state index contributed by atoms with van der Waals surface area (Å²) in [5, 5.41) is 3.24. The maximum absolute atomic E-state index is 13.9. The van der Waals surface area contributed by atoms with Gasteiger partial charge < -0.3 is 10.2 Å². The summed E-state index contributed by atoms with van der Waals surface area (Å²) < 4.78 is 29.6. The highest BCUT2D eigenvalue weighted by Crippen LogP contribution is 2.28. The van der Waals surface area contributed by atoms with Crippen molar-refractivity contribution in [2.24, 2.45) is 0 Å². The molecular weight excluding hydrogens is 590 g/mol. The second kappa shape index (κ2) is 12.8. The third-order valence-corrected chi connectivity index (χ3v) is 8.42. The number of benzene rings is 3. The van der Waals surface area contributed by atoms with Gasteiger partial charge >= 0.3 is 0 Å². The molecule has 0 aliphatic carbocycles. The molecule has 38 heavy (non-hydrogen) atoms. The molecular formula is C28H31BrClN3O4S. The van der Waals surface area contributed by atoms with E-state index < -0.39 is 28.5 Å². The van der Waals surface area contributed by atoms with E-state index in [4.69, 9.17) is 11.6 Å². The molecule has 0 radical (unpaired) electrons. The SMILES string of the molecule is Cc1ccccc1N(CC(=O)N(Cc1cccc(Br)c1)[C@H](C)C(=O)NC(C)C)S(=O)(=O)c1ccc(Cl)cc1. The summed E-state index contributed by atoms with van der Waals surface area (Å²) >= 11 is 9.43. The minimum atomic E-state index is -4.15. The van der Waals surface area contributed by atoms with Crippen LogP contribution >= 0.6 is 27.5 Å². The van der Waals surface area contributed by atoms with Gasteiger partial charge in [-0.1, -0.05) is 57.9 Å². The van der Waals surface area contributed by atoms with E-state index >= 15 is 0 Å². The van der Waals surface area contributed by atoms with E-state index in [1.165, 1.54) is 29.2 Å². The van der Waals surface area contributed by atoms with E-state index in [1.807, 2.05) is 38.1 Å². The van der Waals surface area contributed by atoms with Gasteiger partial charge in [0.1, 0.15) is 12.6 Å². The lowest BCUT2D eigenvalue weighted by atomic mass is 10.1. The molecule has 0 aliphatic rings. The molecule has 3 aromatic carbocycles. The van der Waals surface area contributed by atoms with Gasteiger partial charge in [-0.25, -0.2) is 8.42 Å². The quantitative estimate of drug-likeness (QED) is 0.322. The highest BCUT2D eigenvalue weighted by atomic mass is 79.9. The molecule has 0 saturated heterocycles. The number of hydrogen-bond acceptors (Lipinski definition) is 4. The summed E-state index contributed by atoms with van der Waals surface area (Å²) in [6, 6.07) is 19.2. The molecule has 0 fully saturated rings. The molecule has 1 atom stereocenters. The van der Waals surface area contributed by atoms with Crippen molar-refractivity contribution in [3.05, 3.63) is 93.4 Å². The van der Waals surface area contributed by atoms with Crippen molar-refractivity contribution in [3.8, 4) is 0 Å². The molecule has 7 nitrogen and oxygen atoms in total. The fourth-order valence-electron chi connectivity index (χ4n) is 3.91. The number of hydrogen-bond donors (Lipinski definition) is 1. The average molecular weight is 621 g/mol. The number of nitrogens with zero attached hydrogens (tertiary/aromatic N) is 2. The third kappa shape index (κ3) is 7.36. The molecule has 0 aliphatic heterocycles. The topological polar surface area (TPSA) is 86.8 Å². The molecule has 1 N–H and O–H groups in total. The van der Waals surface area contributed by atoms with Crippen molar-refractivity contribution >= 4 is 55.1 Å². The van der Waals surface area contributed by atoms with Gasteiger partial charge in [-0.05, 0) is 81.3 Å². The van der Waals surface area contributed by atoms with Crippen LogP contribution < -0.4 is 9.62 Å². The Bertz CT molecular complexity index is 1400. The minimum Gasteiger partial charge on any atom is -0.352 e. The first-order chi connectivity index (χ1) is 17.9. The molecule has 202 valence electrons. The van der Waals surface area contributed by atoms with E-state index in [1.54, 1.807) is 38.1 Å². The fourth-order valence-corrected chi connectivity index (χ4v) is 5.96. The largest absolute Gasteiger partial charge is 0.352 e. The van der Waals surface area contributed by atoms with Crippen LogP contribution in [0.15, 0.2) is 82.2 Å². The Kier molecular flexibility index (Phi) is 9.98. The minimum absolute atomic E-state index is 0.00194. The molecule has 0 spiro atoms. The van der Waals surface area contributed by atoms with Crippen LogP contribution in [0.4, 0.5) is 5.69 Å². The monoisotopic (exact) mass is 619 g/mol. The number of para-hydroxylation sites is 1. The van der Waals surface area contributed by atoms with Crippen LogP contribution in [0.2, 0.25) is 5.02 Å². The number of halogens is 2. The van der Waals surface area contributed by atoms with E-state index in [9.17, 15) is 18.0 Å². The van der Waals surface area contributed by atoms with Crippen LogP contribution in [0.3, 0.4) is 0 Å². The summed E-state index contributed by atoms with van der Waals surface area (Å²) in [6.45, 7) is 6.71. The number of anilines is 1. The van der Waals surface area contributed by atoms with Crippen LogP contribution in [0.5, 0.6) is 0 Å². The van der Waals surface area contributed by atoms with Crippen molar-refractivity contribution in [2.75, 3.05) is 10.8 Å². The molecule has 0 unspecified atom stereocenters. The van der Waals surface area contributed by atoms with Crippen LogP contribution in [-0.2, 0) is 26.2 Å². The van der Waals surface area contributed by atoms with E-state index in [2.05, 4.69) is 21.2 Å². The lowest BCUT2D eigenvalue weighted by Crippen LogP contribution is -2.52. The number of nitrogens with one attached hydrogen (secondary N) is 1. The molecule has 10 heteroatoms. The molecule has 0 saturated carbocycles. The Hall–Kier alpha value is -2.88. The average Bonchev–Trinajstić information content (AvgIpc) is 2.85. The Morgan fingerprint density at radius 2 is 1.63 bits per heavy atom. The first kappa shape index (κ1) is 29.7.